The maximum absolute atomic E-state index is 13.4. The zero-order valence-corrected chi connectivity index (χ0v) is 23.8. The molecule has 40 heavy (non-hydrogen) atoms. The summed E-state index contributed by atoms with van der Waals surface area (Å²) < 4.78 is 41.6. The molecule has 2 bridgehead atoms. The Morgan fingerprint density at radius 1 is 1.23 bits per heavy atom. The van der Waals surface area contributed by atoms with Gasteiger partial charge in [0, 0.05) is 45.1 Å². The molecule has 1 aromatic carbocycles. The van der Waals surface area contributed by atoms with Crippen molar-refractivity contribution in [3.05, 3.63) is 60.6 Å². The van der Waals surface area contributed by atoms with Gasteiger partial charge >= 0.3 is 0 Å². The lowest BCUT2D eigenvalue weighted by molar-refractivity contribution is -0.136. The highest BCUT2D eigenvalue weighted by Gasteiger charge is 2.31. The van der Waals surface area contributed by atoms with E-state index in [4.69, 9.17) is 9.47 Å². The van der Waals surface area contributed by atoms with Crippen LogP contribution in [0.2, 0.25) is 0 Å². The fourth-order valence-electron chi connectivity index (χ4n) is 4.41. The number of aromatic nitrogens is 4. The summed E-state index contributed by atoms with van der Waals surface area (Å²) in [7, 11) is -2.43. The number of amides is 1. The van der Waals surface area contributed by atoms with Crippen molar-refractivity contribution in [1.82, 2.24) is 29.2 Å². The highest BCUT2D eigenvalue weighted by atomic mass is 32.2. The number of carbonyl (C=O) groups is 1. The first kappa shape index (κ1) is 29.6. The van der Waals surface area contributed by atoms with Crippen LogP contribution in [0.3, 0.4) is 0 Å². The van der Waals surface area contributed by atoms with Crippen molar-refractivity contribution in [2.24, 2.45) is 5.92 Å². The molecule has 12 nitrogen and oxygen atoms in total. The van der Waals surface area contributed by atoms with Crippen LogP contribution in [0, 0.1) is 5.92 Å². The smallest absolute Gasteiger partial charge is 0.244 e. The third-order valence-corrected chi connectivity index (χ3v) is 8.67. The molecule has 0 saturated carbocycles. The Balaban J connectivity index is 1.51. The molecule has 0 radical (unpaired) electrons. The van der Waals surface area contributed by atoms with Crippen LogP contribution in [-0.4, -0.2) is 87.5 Å². The van der Waals surface area contributed by atoms with Crippen LogP contribution < -0.4 is 4.74 Å². The second kappa shape index (κ2) is 13.3. The number of nitrogens with zero attached hydrogens (tertiary/aromatic N) is 6. The van der Waals surface area contributed by atoms with Gasteiger partial charge in [-0.25, -0.2) is 13.4 Å². The minimum absolute atomic E-state index is 0.0151. The van der Waals surface area contributed by atoms with E-state index in [1.54, 1.807) is 34.8 Å². The molecule has 0 spiro atoms. The Hall–Kier alpha value is -3.39. The van der Waals surface area contributed by atoms with E-state index >= 15 is 0 Å². The second-order valence-electron chi connectivity index (χ2n) is 10.0. The van der Waals surface area contributed by atoms with Crippen molar-refractivity contribution in [3.63, 3.8) is 0 Å². The Morgan fingerprint density at radius 2 is 2.00 bits per heavy atom. The average molecular weight is 573 g/mol. The molecule has 1 aliphatic rings. The second-order valence-corrected chi connectivity index (χ2v) is 12.1. The molecule has 216 valence electrons. The van der Waals surface area contributed by atoms with E-state index in [1.807, 2.05) is 25.1 Å². The third-order valence-electron chi connectivity index (χ3n) is 6.87. The van der Waals surface area contributed by atoms with Gasteiger partial charge in [-0.05, 0) is 31.5 Å². The maximum Gasteiger partial charge on any atom is 0.244 e. The molecule has 3 aromatic rings. The molecular formula is C27H36N6O6S. The van der Waals surface area contributed by atoms with Gasteiger partial charge in [0.05, 0.1) is 37.8 Å². The van der Waals surface area contributed by atoms with E-state index in [1.165, 1.54) is 29.7 Å². The number of carbonyl (C=O) groups excluding carboxylic acids is 1. The fourth-order valence-corrected chi connectivity index (χ4v) is 5.54. The number of aliphatic hydroxyl groups excluding tert-OH is 1. The van der Waals surface area contributed by atoms with E-state index in [2.05, 4.69) is 15.3 Å². The summed E-state index contributed by atoms with van der Waals surface area (Å²) in [4.78, 5) is 18.9. The number of fused-ring (bicyclic) bond motifs is 2. The van der Waals surface area contributed by atoms with Gasteiger partial charge in [0.1, 0.15) is 16.3 Å². The number of aryl methyl sites for hydroxylation is 1. The van der Waals surface area contributed by atoms with Crippen molar-refractivity contribution < 1.29 is 27.8 Å². The predicted molar refractivity (Wildman–Crippen MR) is 146 cm³/mol. The number of benzene rings is 1. The molecule has 0 unspecified atom stereocenters. The monoisotopic (exact) mass is 572 g/mol. The highest BCUT2D eigenvalue weighted by Crippen LogP contribution is 2.23. The van der Waals surface area contributed by atoms with E-state index in [0.29, 0.717) is 37.4 Å². The first-order valence-electron chi connectivity index (χ1n) is 13.2. The fraction of sp³-hybridized carbons (Fsp3) is 0.481. The van der Waals surface area contributed by atoms with Crippen LogP contribution in [0.15, 0.2) is 59.8 Å². The molecule has 0 fully saturated rings. The summed E-state index contributed by atoms with van der Waals surface area (Å²) in [5.41, 5.74) is 0.618. The largest absolute Gasteiger partial charge is 0.439 e. The van der Waals surface area contributed by atoms with Crippen molar-refractivity contribution in [2.45, 2.75) is 56.9 Å². The Morgan fingerprint density at radius 3 is 2.70 bits per heavy atom. The molecule has 0 saturated heterocycles. The first-order chi connectivity index (χ1) is 19.2. The van der Waals surface area contributed by atoms with Crippen LogP contribution in [0.1, 0.15) is 32.4 Å². The van der Waals surface area contributed by atoms with Crippen molar-refractivity contribution >= 4 is 15.9 Å². The summed E-state index contributed by atoms with van der Waals surface area (Å²) in [6.07, 6.45) is 3.33. The van der Waals surface area contributed by atoms with Crippen LogP contribution >= 0.6 is 0 Å². The van der Waals surface area contributed by atoms with E-state index < -0.39 is 16.1 Å². The summed E-state index contributed by atoms with van der Waals surface area (Å²) in [6, 6.07) is 11.7. The van der Waals surface area contributed by atoms with Gasteiger partial charge in [0.2, 0.25) is 21.8 Å². The van der Waals surface area contributed by atoms with Gasteiger partial charge in [0.25, 0.3) is 0 Å². The number of ether oxygens (including phenoxy) is 2. The molecule has 2 aromatic heterocycles. The number of pyridine rings is 1. The standard InChI is InChI=1S/C27H36N6O6S/c1-20-15-33(21(2)18-34)27(35)10-7-13-32-16-22(29-30-32)19-38-25(20)17-31(3)40(36,37)24-11-12-26(28-14-24)39-23-8-5-4-6-9-23/h4-6,8-9,11-12,14,16,20-21,25,34H,7,10,13,15,17-19H2,1-3H3/t20-,21+,25+/m1/s1. The topological polar surface area (TPSA) is 140 Å². The van der Waals surface area contributed by atoms with Crippen molar-refractivity contribution in [1.29, 1.82) is 0 Å². The molecule has 1 aliphatic heterocycles. The van der Waals surface area contributed by atoms with Gasteiger partial charge in [-0.15, -0.1) is 5.10 Å². The van der Waals surface area contributed by atoms with Gasteiger partial charge in [-0.1, -0.05) is 30.3 Å². The van der Waals surface area contributed by atoms with Crippen LogP contribution in [0.4, 0.5) is 0 Å². The minimum atomic E-state index is -3.91. The molecule has 3 heterocycles. The van der Waals surface area contributed by atoms with Crippen LogP contribution in [-0.2, 0) is 32.7 Å². The summed E-state index contributed by atoms with van der Waals surface area (Å²) >= 11 is 0. The molecule has 13 heteroatoms. The predicted octanol–water partition coefficient (Wildman–Crippen LogP) is 2.31. The molecule has 1 amide bonds. The Kier molecular flexibility index (Phi) is 9.85. The van der Waals surface area contributed by atoms with Crippen LogP contribution in [0.25, 0.3) is 0 Å². The summed E-state index contributed by atoms with van der Waals surface area (Å²) in [6.45, 7) is 4.51. The highest BCUT2D eigenvalue weighted by molar-refractivity contribution is 7.89. The lowest BCUT2D eigenvalue weighted by Gasteiger charge is -2.35. The Labute approximate surface area is 234 Å². The van der Waals surface area contributed by atoms with E-state index in [9.17, 15) is 18.3 Å². The lowest BCUT2D eigenvalue weighted by Crippen LogP contribution is -2.47. The number of likely N-dealkylation sites (N-methyl/N-ethyl adjacent to an activating group) is 1. The average Bonchev–Trinajstić information content (AvgIpc) is 3.41. The normalized spacial score (nSPS) is 19.9. The zero-order valence-electron chi connectivity index (χ0n) is 23.0. The third kappa shape index (κ3) is 7.42. The van der Waals surface area contributed by atoms with E-state index in [0.717, 1.165) is 0 Å². The number of sulfonamides is 1. The van der Waals surface area contributed by atoms with Gasteiger partial charge < -0.3 is 19.5 Å². The first-order valence-corrected chi connectivity index (χ1v) is 14.7. The zero-order chi connectivity index (χ0) is 28.7. The Bertz CT molecular complexity index is 1350. The number of aliphatic hydroxyl groups is 1. The molecule has 3 atom stereocenters. The molecular weight excluding hydrogens is 536 g/mol. The lowest BCUT2D eigenvalue weighted by atomic mass is 10.0. The van der Waals surface area contributed by atoms with Crippen LogP contribution in [0.5, 0.6) is 11.6 Å². The number of hydrogen-bond acceptors (Lipinski definition) is 9. The number of para-hydroxylation sites is 1. The molecule has 1 N–H and O–H groups in total. The van der Waals surface area contributed by atoms with Gasteiger partial charge in [-0.2, -0.15) is 4.31 Å². The van der Waals surface area contributed by atoms with Gasteiger partial charge in [0.15, 0.2) is 0 Å². The molecule has 0 aliphatic carbocycles. The number of rotatable bonds is 8. The molecule has 4 rings (SSSR count). The quantitative estimate of drug-likeness (QED) is 0.431. The van der Waals surface area contributed by atoms with Crippen molar-refractivity contribution in [3.8, 4) is 11.6 Å². The van der Waals surface area contributed by atoms with E-state index in [-0.39, 0.29) is 48.4 Å². The minimum Gasteiger partial charge on any atom is -0.439 e. The summed E-state index contributed by atoms with van der Waals surface area (Å²) in [5.74, 6) is 0.522. The van der Waals surface area contributed by atoms with Gasteiger partial charge in [-0.3, -0.25) is 9.48 Å². The number of hydrogen-bond donors (Lipinski definition) is 1. The summed E-state index contributed by atoms with van der Waals surface area (Å²) in [5, 5.41) is 18.0. The van der Waals surface area contributed by atoms with Crippen molar-refractivity contribution in [2.75, 3.05) is 26.7 Å². The maximum atomic E-state index is 13.4. The SMILES string of the molecule is C[C@@H]1CN([C@@H](C)CO)C(=O)CCCn2cc(nn2)CO[C@H]1CN(C)S(=O)(=O)c1ccc(Oc2ccccc2)nc1.